The number of amides is 2. The minimum absolute atomic E-state index is 0. The van der Waals surface area contributed by atoms with Crippen molar-refractivity contribution in [1.82, 2.24) is 10.2 Å². The van der Waals surface area contributed by atoms with Gasteiger partial charge in [-0.05, 0) is 12.1 Å². The van der Waals surface area contributed by atoms with Gasteiger partial charge in [-0.2, -0.15) is 0 Å². The molecule has 2 atom stereocenters. The first-order valence-corrected chi connectivity index (χ1v) is 8.56. The van der Waals surface area contributed by atoms with Gasteiger partial charge >= 0.3 is 24.8 Å². The summed E-state index contributed by atoms with van der Waals surface area (Å²) in [5.41, 5.74) is 0.599. The van der Waals surface area contributed by atoms with E-state index in [-0.39, 0.29) is 43.5 Å². The number of benzene rings is 1. The fourth-order valence-electron chi connectivity index (χ4n) is 2.54. The van der Waals surface area contributed by atoms with Crippen LogP contribution in [0.15, 0.2) is 41.1 Å². The van der Waals surface area contributed by atoms with Gasteiger partial charge in [0, 0.05) is 11.4 Å². The first-order valence-electron chi connectivity index (χ1n) is 7.14. The number of fused-ring (bicyclic) bond motifs is 1. The molecule has 128 valence electrons. The molecule has 1 saturated heterocycles. The van der Waals surface area contributed by atoms with Gasteiger partial charge in [0.1, 0.15) is 17.1 Å². The number of rotatable bonds is 5. The molecule has 10 heteroatoms. The van der Waals surface area contributed by atoms with Crippen LogP contribution in [-0.2, 0) is 14.4 Å². The first kappa shape index (κ1) is 19.7. The number of hydrogen-bond donors (Lipinski definition) is 3. The average molecular weight is 376 g/mol. The van der Waals surface area contributed by atoms with Crippen LogP contribution in [0.3, 0.4) is 0 Å². The molecule has 3 rings (SSSR count). The number of carboxylic acids is 1. The summed E-state index contributed by atoms with van der Waals surface area (Å²) < 4.78 is 0. The molecule has 1 aromatic rings. The number of thioether (sulfide) groups is 1. The summed E-state index contributed by atoms with van der Waals surface area (Å²) in [6.07, 6.45) is 0. The maximum Gasteiger partial charge on any atom is 1.00 e. The standard InChI is InChI=1S/C15H14ClN3O4S.Li.H/c16-9-7-24-14-11(13(21)19(14)12(9)15(22)23)18-10(20)6-17-8-4-2-1-3-5-8;;/h1-5,11,14,17H,6-7H2,(H,18,20)(H,22,23);;/q;+1;-1/t11?,14-;;/m1../s1. The van der Waals surface area contributed by atoms with Gasteiger partial charge in [-0.15, -0.1) is 11.8 Å². The van der Waals surface area contributed by atoms with Gasteiger partial charge in [0.15, 0.2) is 0 Å². The second-order valence-corrected chi connectivity index (χ2v) is 6.79. The van der Waals surface area contributed by atoms with Crippen LogP contribution in [0.2, 0.25) is 0 Å². The zero-order valence-corrected chi connectivity index (χ0v) is 14.9. The van der Waals surface area contributed by atoms with Crippen LogP contribution in [-0.4, -0.2) is 51.5 Å². The summed E-state index contributed by atoms with van der Waals surface area (Å²) in [7, 11) is 0. The molecule has 2 amide bonds. The van der Waals surface area contributed by atoms with Gasteiger partial charge in [-0.3, -0.25) is 14.5 Å². The largest absolute Gasteiger partial charge is 1.00 e. The number of carboxylic acid groups (broad SMARTS) is 1. The van der Waals surface area contributed by atoms with Crippen molar-refractivity contribution in [2.45, 2.75) is 11.4 Å². The molecular weight excluding hydrogens is 361 g/mol. The molecule has 7 nitrogen and oxygen atoms in total. The fraction of sp³-hybridized carbons (Fsp3) is 0.267. The van der Waals surface area contributed by atoms with E-state index in [9.17, 15) is 19.5 Å². The monoisotopic (exact) mass is 375 g/mol. The Morgan fingerprint density at radius 1 is 1.36 bits per heavy atom. The van der Waals surface area contributed by atoms with Gasteiger partial charge in [-0.1, -0.05) is 29.8 Å². The van der Waals surface area contributed by atoms with E-state index in [0.717, 1.165) is 10.6 Å². The van der Waals surface area contributed by atoms with Crippen LogP contribution < -0.4 is 29.5 Å². The van der Waals surface area contributed by atoms with Crippen molar-refractivity contribution in [1.29, 1.82) is 0 Å². The summed E-state index contributed by atoms with van der Waals surface area (Å²) in [5.74, 6) is -1.74. The zero-order valence-electron chi connectivity index (χ0n) is 14.4. The third-order valence-electron chi connectivity index (χ3n) is 3.67. The van der Waals surface area contributed by atoms with E-state index in [0.29, 0.717) is 5.75 Å². The van der Waals surface area contributed by atoms with Gasteiger partial charge in [0.2, 0.25) is 5.91 Å². The molecule has 3 N–H and O–H groups in total. The number of halogens is 1. The molecule has 0 radical (unpaired) electrons. The topological polar surface area (TPSA) is 98.7 Å². The number of β-lactam (4-membered cyclic amide) rings is 1. The average Bonchev–Trinajstić information content (AvgIpc) is 2.58. The van der Waals surface area contributed by atoms with Gasteiger partial charge in [-0.25, -0.2) is 4.79 Å². The van der Waals surface area contributed by atoms with E-state index in [1.807, 2.05) is 30.3 Å². The van der Waals surface area contributed by atoms with Crippen molar-refractivity contribution in [2.24, 2.45) is 0 Å². The second kappa shape index (κ2) is 8.19. The summed E-state index contributed by atoms with van der Waals surface area (Å²) in [6, 6.07) is 8.47. The van der Waals surface area contributed by atoms with Crippen molar-refractivity contribution >= 4 is 46.8 Å². The Morgan fingerprint density at radius 3 is 2.68 bits per heavy atom. The Hall–Kier alpha value is -1.59. The van der Waals surface area contributed by atoms with Crippen molar-refractivity contribution < 1.29 is 39.8 Å². The molecule has 2 aliphatic rings. The minimum atomic E-state index is -1.24. The van der Waals surface area contributed by atoms with Gasteiger partial charge < -0.3 is 17.2 Å². The molecular formula is C15H15ClLiN3O4S. The van der Waals surface area contributed by atoms with E-state index in [2.05, 4.69) is 10.6 Å². The normalized spacial score (nSPS) is 21.6. The number of aliphatic carboxylic acids is 1. The fourth-order valence-corrected chi connectivity index (χ4v) is 4.09. The van der Waals surface area contributed by atoms with E-state index in [4.69, 9.17) is 11.6 Å². The van der Waals surface area contributed by atoms with Crippen molar-refractivity contribution in [3.05, 3.63) is 41.1 Å². The van der Waals surface area contributed by atoms with Crippen LogP contribution in [0.5, 0.6) is 0 Å². The Kier molecular flexibility index (Phi) is 6.46. The molecule has 2 aliphatic heterocycles. The molecule has 0 saturated carbocycles. The van der Waals surface area contributed by atoms with E-state index in [1.54, 1.807) is 0 Å². The molecule has 1 unspecified atom stereocenters. The molecule has 0 aromatic heterocycles. The summed E-state index contributed by atoms with van der Waals surface area (Å²) in [4.78, 5) is 36.6. The van der Waals surface area contributed by atoms with Crippen molar-refractivity contribution in [3.8, 4) is 0 Å². The summed E-state index contributed by atoms with van der Waals surface area (Å²) in [6.45, 7) is 0.0214. The predicted octanol–water partition coefficient (Wildman–Crippen LogP) is -1.85. The SMILES string of the molecule is O=C(CNc1ccccc1)NC1C(=O)N2C(C(=O)O)=C(Cl)CS[C@H]12.[H-].[Li+]. The van der Waals surface area contributed by atoms with E-state index >= 15 is 0 Å². The van der Waals surface area contributed by atoms with Gasteiger partial charge in [0.05, 0.1) is 11.6 Å². The first-order chi connectivity index (χ1) is 11.5. The molecule has 1 fully saturated rings. The minimum Gasteiger partial charge on any atom is -1.00 e. The molecule has 2 heterocycles. The number of carbonyl (C=O) groups is 3. The molecule has 25 heavy (non-hydrogen) atoms. The molecule has 0 bridgehead atoms. The summed E-state index contributed by atoms with van der Waals surface area (Å²) in [5, 5.41) is 14.5. The number of nitrogens with one attached hydrogen (secondary N) is 2. The number of carbonyl (C=O) groups excluding carboxylic acids is 2. The molecule has 0 aliphatic carbocycles. The van der Waals surface area contributed by atoms with Crippen LogP contribution in [0.1, 0.15) is 1.43 Å². The number of para-hydroxylation sites is 1. The third-order valence-corrected chi connectivity index (χ3v) is 5.42. The van der Waals surface area contributed by atoms with Crippen LogP contribution >= 0.6 is 23.4 Å². The third kappa shape index (κ3) is 3.98. The summed E-state index contributed by atoms with van der Waals surface area (Å²) >= 11 is 7.22. The number of hydrogen-bond acceptors (Lipinski definition) is 5. The van der Waals surface area contributed by atoms with E-state index < -0.39 is 23.3 Å². The Balaban J connectivity index is 0.00000169. The number of anilines is 1. The van der Waals surface area contributed by atoms with Crippen molar-refractivity contribution in [2.75, 3.05) is 17.6 Å². The second-order valence-electron chi connectivity index (χ2n) is 5.23. The Bertz CT molecular complexity index is 737. The molecule has 0 spiro atoms. The Labute approximate surface area is 166 Å². The molecule has 1 aromatic carbocycles. The quantitative estimate of drug-likeness (QED) is 0.413. The predicted molar refractivity (Wildman–Crippen MR) is 91.6 cm³/mol. The zero-order chi connectivity index (χ0) is 17.3. The van der Waals surface area contributed by atoms with Gasteiger partial charge in [0.25, 0.3) is 5.91 Å². The smallest absolute Gasteiger partial charge is 1.00 e. The van der Waals surface area contributed by atoms with Crippen LogP contribution in [0.4, 0.5) is 5.69 Å². The van der Waals surface area contributed by atoms with Crippen LogP contribution in [0.25, 0.3) is 0 Å². The Morgan fingerprint density at radius 2 is 2.04 bits per heavy atom. The number of nitrogens with zero attached hydrogens (tertiary/aromatic N) is 1. The maximum atomic E-state index is 12.2. The van der Waals surface area contributed by atoms with Crippen molar-refractivity contribution in [3.63, 3.8) is 0 Å². The maximum absolute atomic E-state index is 12.2. The van der Waals surface area contributed by atoms with Crippen LogP contribution in [0, 0.1) is 0 Å². The van der Waals surface area contributed by atoms with E-state index in [1.165, 1.54) is 11.8 Å².